The molecule has 0 bridgehead atoms. The van der Waals surface area contributed by atoms with Crippen molar-refractivity contribution in [2.24, 2.45) is 7.05 Å². The quantitative estimate of drug-likeness (QED) is 0.431. The maximum Gasteiger partial charge on any atom is 0.416 e. The number of aromatic nitrogens is 3. The number of ether oxygens (including phenoxy) is 1. The average Bonchev–Trinajstić information content (AvgIpc) is 3.43. The predicted molar refractivity (Wildman–Crippen MR) is 135 cm³/mol. The van der Waals surface area contributed by atoms with Crippen LogP contribution in [-0.2, 0) is 42.9 Å². The molecule has 11 heteroatoms. The highest BCUT2D eigenvalue weighted by Crippen LogP contribution is 2.42. The fraction of sp³-hybridized carbons (Fsp3) is 0.464. The third kappa shape index (κ3) is 4.82. The summed E-state index contributed by atoms with van der Waals surface area (Å²) in [5.41, 5.74) is 0.698. The van der Waals surface area contributed by atoms with E-state index in [1.54, 1.807) is 18.5 Å². The Bertz CT molecular complexity index is 1400. The first kappa shape index (κ1) is 25.9. The highest BCUT2D eigenvalue weighted by molar-refractivity contribution is 6.10. The Kier molecular flexibility index (Phi) is 6.46. The topological polar surface area (TPSA) is 63.5 Å². The molecule has 39 heavy (non-hydrogen) atoms. The minimum Gasteiger partial charge on any atom is -0.379 e. The van der Waals surface area contributed by atoms with Crippen molar-refractivity contribution in [1.29, 1.82) is 0 Å². The van der Waals surface area contributed by atoms with Gasteiger partial charge in [-0.25, -0.2) is 4.39 Å². The molecule has 0 aliphatic carbocycles. The van der Waals surface area contributed by atoms with E-state index in [4.69, 9.17) is 4.74 Å². The molecule has 0 N–H and O–H groups in total. The van der Waals surface area contributed by atoms with Gasteiger partial charge in [0.1, 0.15) is 18.3 Å². The highest BCUT2D eigenvalue weighted by Gasteiger charge is 2.43. The van der Waals surface area contributed by atoms with Crippen molar-refractivity contribution in [1.82, 2.24) is 19.7 Å². The largest absolute Gasteiger partial charge is 0.416 e. The second-order valence-corrected chi connectivity index (χ2v) is 10.9. The maximum absolute atomic E-state index is 14.2. The summed E-state index contributed by atoms with van der Waals surface area (Å²) in [6.45, 7) is 1.74. The first-order valence-electron chi connectivity index (χ1n) is 13.1. The number of anilines is 1. The van der Waals surface area contributed by atoms with Gasteiger partial charge in [0, 0.05) is 43.2 Å². The van der Waals surface area contributed by atoms with Crippen molar-refractivity contribution in [2.75, 3.05) is 31.2 Å². The van der Waals surface area contributed by atoms with Crippen LogP contribution in [0.1, 0.15) is 51.3 Å². The fourth-order valence-corrected chi connectivity index (χ4v) is 5.91. The second-order valence-electron chi connectivity index (χ2n) is 10.9. The van der Waals surface area contributed by atoms with E-state index in [9.17, 15) is 22.4 Å². The zero-order chi connectivity index (χ0) is 27.4. The van der Waals surface area contributed by atoms with E-state index in [0.29, 0.717) is 50.3 Å². The van der Waals surface area contributed by atoms with Crippen molar-refractivity contribution < 1.29 is 27.1 Å². The molecule has 0 unspecified atom stereocenters. The number of amides is 1. The van der Waals surface area contributed by atoms with Gasteiger partial charge in [-0.2, -0.15) is 13.2 Å². The smallest absolute Gasteiger partial charge is 0.379 e. The third-order valence-electron chi connectivity index (χ3n) is 8.09. The van der Waals surface area contributed by atoms with Crippen molar-refractivity contribution >= 4 is 11.6 Å². The summed E-state index contributed by atoms with van der Waals surface area (Å²) in [7, 11) is 1.87. The molecule has 0 radical (unpaired) electrons. The molecule has 6 rings (SSSR count). The third-order valence-corrected chi connectivity index (χ3v) is 8.09. The maximum atomic E-state index is 14.2. The molecule has 3 aliphatic rings. The molecule has 0 saturated carbocycles. The van der Waals surface area contributed by atoms with Gasteiger partial charge in [0.25, 0.3) is 5.91 Å². The highest BCUT2D eigenvalue weighted by atomic mass is 19.4. The Hall–Kier alpha value is -3.31. The van der Waals surface area contributed by atoms with E-state index < -0.39 is 23.8 Å². The van der Waals surface area contributed by atoms with E-state index >= 15 is 0 Å². The predicted octanol–water partition coefficient (Wildman–Crippen LogP) is 4.44. The van der Waals surface area contributed by atoms with Crippen LogP contribution in [0.4, 0.5) is 23.2 Å². The summed E-state index contributed by atoms with van der Waals surface area (Å²) in [6.07, 6.45) is -2.27. The van der Waals surface area contributed by atoms with E-state index in [1.807, 2.05) is 34.7 Å². The molecule has 3 aliphatic heterocycles. The van der Waals surface area contributed by atoms with E-state index in [-0.39, 0.29) is 36.2 Å². The fourth-order valence-electron chi connectivity index (χ4n) is 5.91. The lowest BCUT2D eigenvalue weighted by Crippen LogP contribution is -2.49. The number of nitrogens with zero attached hydrogens (tertiary/aromatic N) is 5. The summed E-state index contributed by atoms with van der Waals surface area (Å²) in [6, 6.07) is 10.0. The Balaban J connectivity index is 1.31. The van der Waals surface area contributed by atoms with Gasteiger partial charge < -0.3 is 14.2 Å². The average molecular weight is 544 g/mol. The number of hydrogen-bond donors (Lipinski definition) is 0. The molecule has 4 heterocycles. The standard InChI is InChI=1S/C28H29F4N5O2/c1-35-17-33-34-25(35)11-27(15-39-16-27)19-4-2-6-21(10-19)37-14-23-22(26(37)38)8-18(9-24(23)28(30,31)32)12-36-7-3-5-20(29)13-36/h2,4,6,8-10,17,20H,3,5,7,11-16H2,1H3/t20-/m0/s1. The van der Waals surface area contributed by atoms with Gasteiger partial charge in [-0.3, -0.25) is 9.69 Å². The number of alkyl halides is 4. The van der Waals surface area contributed by atoms with Crippen LogP contribution in [0.2, 0.25) is 0 Å². The van der Waals surface area contributed by atoms with Gasteiger partial charge in [0.15, 0.2) is 0 Å². The number of carbonyl (C=O) groups excluding carboxylic acids is 1. The van der Waals surface area contributed by atoms with E-state index in [2.05, 4.69) is 10.2 Å². The number of fused-ring (bicyclic) bond motifs is 1. The van der Waals surface area contributed by atoms with Crippen molar-refractivity contribution in [2.45, 2.75) is 50.1 Å². The molecule has 2 fully saturated rings. The molecule has 1 atom stereocenters. The lowest BCUT2D eigenvalue weighted by atomic mass is 9.75. The van der Waals surface area contributed by atoms with Crippen LogP contribution in [-0.4, -0.2) is 58.0 Å². The molecule has 0 spiro atoms. The van der Waals surface area contributed by atoms with Crippen LogP contribution < -0.4 is 4.90 Å². The van der Waals surface area contributed by atoms with Crippen LogP contribution in [0, 0.1) is 0 Å². The number of benzene rings is 2. The molecular weight excluding hydrogens is 514 g/mol. The number of likely N-dealkylation sites (tertiary alicyclic amines) is 1. The van der Waals surface area contributed by atoms with Crippen LogP contribution in [0.25, 0.3) is 0 Å². The van der Waals surface area contributed by atoms with Crippen LogP contribution in [0.3, 0.4) is 0 Å². The van der Waals surface area contributed by atoms with Crippen LogP contribution >= 0.6 is 0 Å². The molecular formula is C28H29F4N5O2. The zero-order valence-corrected chi connectivity index (χ0v) is 21.5. The number of hydrogen-bond acceptors (Lipinski definition) is 5. The Morgan fingerprint density at radius 1 is 1.18 bits per heavy atom. The lowest BCUT2D eigenvalue weighted by Gasteiger charge is -2.42. The van der Waals surface area contributed by atoms with Crippen molar-refractivity contribution in [3.05, 3.63) is 76.4 Å². The summed E-state index contributed by atoms with van der Waals surface area (Å²) in [5.74, 6) is 0.326. The second kappa shape index (κ2) is 9.71. The molecule has 2 aromatic carbocycles. The zero-order valence-electron chi connectivity index (χ0n) is 21.5. The first-order chi connectivity index (χ1) is 18.6. The minimum atomic E-state index is -4.62. The summed E-state index contributed by atoms with van der Waals surface area (Å²) >= 11 is 0. The van der Waals surface area contributed by atoms with Crippen molar-refractivity contribution in [3.63, 3.8) is 0 Å². The minimum absolute atomic E-state index is 0.0237. The normalized spacial score (nSPS) is 21.2. The van der Waals surface area contributed by atoms with Crippen LogP contribution in [0.5, 0.6) is 0 Å². The Labute approximate surface area is 223 Å². The molecule has 7 nitrogen and oxygen atoms in total. The SMILES string of the molecule is Cn1cnnc1CC1(c2cccc(N3Cc4c(cc(CN5CCC[C@H](F)C5)cc4C(F)(F)F)C3=O)c2)COC1. The van der Waals surface area contributed by atoms with Gasteiger partial charge in [-0.15, -0.1) is 10.2 Å². The summed E-state index contributed by atoms with van der Waals surface area (Å²) in [4.78, 5) is 16.8. The number of rotatable bonds is 6. The molecule has 2 saturated heterocycles. The number of aryl methyl sites for hydroxylation is 1. The van der Waals surface area contributed by atoms with E-state index in [0.717, 1.165) is 17.5 Å². The van der Waals surface area contributed by atoms with Crippen molar-refractivity contribution in [3.8, 4) is 0 Å². The van der Waals surface area contributed by atoms with Gasteiger partial charge >= 0.3 is 6.18 Å². The number of piperidine rings is 1. The monoisotopic (exact) mass is 543 g/mol. The van der Waals surface area contributed by atoms with Gasteiger partial charge in [0.05, 0.1) is 25.3 Å². The van der Waals surface area contributed by atoms with E-state index in [1.165, 1.54) is 4.90 Å². The molecule has 206 valence electrons. The number of halogens is 4. The summed E-state index contributed by atoms with van der Waals surface area (Å²) < 4.78 is 63.8. The lowest BCUT2D eigenvalue weighted by molar-refractivity contribution is -0.138. The van der Waals surface area contributed by atoms with Gasteiger partial charge in [0.2, 0.25) is 0 Å². The molecule has 3 aromatic rings. The summed E-state index contributed by atoms with van der Waals surface area (Å²) in [5, 5.41) is 8.15. The van der Waals surface area contributed by atoms with Gasteiger partial charge in [-0.05, 0) is 60.3 Å². The first-order valence-corrected chi connectivity index (χ1v) is 13.1. The molecule has 1 aromatic heterocycles. The van der Waals surface area contributed by atoms with Crippen LogP contribution in [0.15, 0.2) is 42.7 Å². The van der Waals surface area contributed by atoms with Gasteiger partial charge in [-0.1, -0.05) is 12.1 Å². The molecule has 1 amide bonds. The number of carbonyl (C=O) groups is 1. The Morgan fingerprint density at radius 2 is 2.00 bits per heavy atom. The Morgan fingerprint density at radius 3 is 2.67 bits per heavy atom.